The second kappa shape index (κ2) is 8.77. The second-order valence-corrected chi connectivity index (χ2v) is 6.52. The standard InChI is InChI=1S/C17H14Br2N2O4/c1-10(22)25-16-14(19)7-11(8-15(16)24-2)9-20-21-17(23)12-5-3-4-6-13(12)18/h3-9H,1-2H3,(H,21,23)/b20-9-. The van der Waals surface area contributed by atoms with E-state index in [9.17, 15) is 9.59 Å². The van der Waals surface area contributed by atoms with Crippen LogP contribution < -0.4 is 14.9 Å². The number of hydrogen-bond donors (Lipinski definition) is 1. The lowest BCUT2D eigenvalue weighted by molar-refractivity contribution is -0.132. The Morgan fingerprint density at radius 3 is 2.52 bits per heavy atom. The number of ether oxygens (including phenoxy) is 2. The molecule has 0 aromatic heterocycles. The molecule has 0 saturated carbocycles. The van der Waals surface area contributed by atoms with Gasteiger partial charge < -0.3 is 9.47 Å². The summed E-state index contributed by atoms with van der Waals surface area (Å²) in [6.07, 6.45) is 1.46. The molecule has 8 heteroatoms. The molecule has 2 rings (SSSR count). The van der Waals surface area contributed by atoms with Crippen molar-refractivity contribution < 1.29 is 19.1 Å². The van der Waals surface area contributed by atoms with Gasteiger partial charge in [0, 0.05) is 11.4 Å². The van der Waals surface area contributed by atoms with Crippen molar-refractivity contribution in [2.75, 3.05) is 7.11 Å². The van der Waals surface area contributed by atoms with Gasteiger partial charge in [-0.25, -0.2) is 5.43 Å². The van der Waals surface area contributed by atoms with Gasteiger partial charge in [-0.1, -0.05) is 12.1 Å². The van der Waals surface area contributed by atoms with Crippen molar-refractivity contribution in [3.8, 4) is 11.5 Å². The molecule has 2 aromatic carbocycles. The third-order valence-electron chi connectivity index (χ3n) is 3.00. The number of methoxy groups -OCH3 is 1. The van der Waals surface area contributed by atoms with E-state index >= 15 is 0 Å². The highest BCUT2D eigenvalue weighted by Gasteiger charge is 2.13. The average molecular weight is 470 g/mol. The number of hydrazone groups is 1. The number of benzene rings is 2. The smallest absolute Gasteiger partial charge is 0.308 e. The van der Waals surface area contributed by atoms with Crippen LogP contribution in [-0.4, -0.2) is 25.2 Å². The van der Waals surface area contributed by atoms with Crippen LogP contribution in [0.15, 0.2) is 50.4 Å². The van der Waals surface area contributed by atoms with Crippen molar-refractivity contribution in [2.45, 2.75) is 6.92 Å². The number of rotatable bonds is 5. The van der Waals surface area contributed by atoms with Crippen LogP contribution in [0.1, 0.15) is 22.8 Å². The van der Waals surface area contributed by atoms with Crippen molar-refractivity contribution in [2.24, 2.45) is 5.10 Å². The fraction of sp³-hybridized carbons (Fsp3) is 0.118. The van der Waals surface area contributed by atoms with Crippen molar-refractivity contribution in [1.82, 2.24) is 5.43 Å². The molecule has 1 amide bonds. The molecule has 0 bridgehead atoms. The number of amides is 1. The summed E-state index contributed by atoms with van der Waals surface area (Å²) in [7, 11) is 1.46. The Bertz CT molecular complexity index is 837. The molecule has 0 aliphatic rings. The molecule has 0 heterocycles. The van der Waals surface area contributed by atoms with Crippen molar-refractivity contribution in [3.05, 3.63) is 56.5 Å². The summed E-state index contributed by atoms with van der Waals surface area (Å²) in [5.41, 5.74) is 3.57. The van der Waals surface area contributed by atoms with Crippen LogP contribution in [0.2, 0.25) is 0 Å². The lowest BCUT2D eigenvalue weighted by Crippen LogP contribution is -2.18. The zero-order chi connectivity index (χ0) is 18.4. The Morgan fingerprint density at radius 2 is 1.88 bits per heavy atom. The summed E-state index contributed by atoms with van der Waals surface area (Å²) in [5.74, 6) is -0.153. The van der Waals surface area contributed by atoms with Gasteiger partial charge in [0.25, 0.3) is 5.91 Å². The normalized spacial score (nSPS) is 10.6. The first-order valence-corrected chi connectivity index (χ1v) is 8.65. The first kappa shape index (κ1) is 19.1. The highest BCUT2D eigenvalue weighted by molar-refractivity contribution is 9.10. The third kappa shape index (κ3) is 5.14. The van der Waals surface area contributed by atoms with Crippen molar-refractivity contribution >= 4 is 50.0 Å². The third-order valence-corrected chi connectivity index (χ3v) is 4.28. The van der Waals surface area contributed by atoms with Gasteiger partial charge >= 0.3 is 5.97 Å². The molecule has 0 aliphatic heterocycles. The summed E-state index contributed by atoms with van der Waals surface area (Å²) in [6, 6.07) is 10.4. The zero-order valence-corrected chi connectivity index (χ0v) is 16.5. The Kier molecular flexibility index (Phi) is 6.72. The van der Waals surface area contributed by atoms with Crippen molar-refractivity contribution in [3.63, 3.8) is 0 Å². The number of carbonyl (C=O) groups excluding carboxylic acids is 2. The minimum absolute atomic E-state index is 0.282. The molecule has 0 spiro atoms. The molecule has 0 atom stereocenters. The van der Waals surface area contributed by atoms with Crippen LogP contribution in [0.25, 0.3) is 0 Å². The highest BCUT2D eigenvalue weighted by Crippen LogP contribution is 2.36. The van der Waals surface area contributed by atoms with Crippen LogP contribution in [0.4, 0.5) is 0 Å². The molecular weight excluding hydrogens is 456 g/mol. The summed E-state index contributed by atoms with van der Waals surface area (Å²) < 4.78 is 11.5. The van der Waals surface area contributed by atoms with Gasteiger partial charge in [-0.05, 0) is 61.7 Å². The molecule has 2 aromatic rings. The molecule has 1 N–H and O–H groups in total. The molecular formula is C17H14Br2N2O4. The lowest BCUT2D eigenvalue weighted by Gasteiger charge is -2.10. The topological polar surface area (TPSA) is 77.0 Å². The Balaban J connectivity index is 2.16. The predicted molar refractivity (Wildman–Crippen MR) is 101 cm³/mol. The highest BCUT2D eigenvalue weighted by atomic mass is 79.9. The second-order valence-electron chi connectivity index (χ2n) is 4.81. The average Bonchev–Trinajstić information content (AvgIpc) is 2.57. The molecule has 0 fully saturated rings. The summed E-state index contributed by atoms with van der Waals surface area (Å²) in [6.45, 7) is 1.30. The van der Waals surface area contributed by atoms with Gasteiger partial charge in [-0.3, -0.25) is 9.59 Å². The maximum atomic E-state index is 12.1. The zero-order valence-electron chi connectivity index (χ0n) is 13.4. The first-order valence-electron chi connectivity index (χ1n) is 7.06. The van der Waals surface area contributed by atoms with Gasteiger partial charge in [-0.2, -0.15) is 5.10 Å². The summed E-state index contributed by atoms with van der Waals surface area (Å²) in [5, 5.41) is 3.94. The van der Waals surface area contributed by atoms with Gasteiger partial charge in [0.15, 0.2) is 11.5 Å². The van der Waals surface area contributed by atoms with E-state index in [2.05, 4.69) is 42.4 Å². The van der Waals surface area contributed by atoms with Crippen LogP contribution in [0.3, 0.4) is 0 Å². The minimum atomic E-state index is -0.457. The number of halogens is 2. The molecule has 0 aliphatic carbocycles. The minimum Gasteiger partial charge on any atom is -0.493 e. The van der Waals surface area contributed by atoms with E-state index in [0.717, 1.165) is 0 Å². The Morgan fingerprint density at radius 1 is 1.16 bits per heavy atom. The molecule has 130 valence electrons. The maximum absolute atomic E-state index is 12.1. The van der Waals surface area contributed by atoms with E-state index in [0.29, 0.717) is 25.8 Å². The van der Waals surface area contributed by atoms with Crippen LogP contribution in [-0.2, 0) is 4.79 Å². The molecule has 6 nitrogen and oxygen atoms in total. The molecule has 0 unspecified atom stereocenters. The maximum Gasteiger partial charge on any atom is 0.308 e. The summed E-state index contributed by atoms with van der Waals surface area (Å²) in [4.78, 5) is 23.2. The largest absolute Gasteiger partial charge is 0.493 e. The van der Waals surface area contributed by atoms with E-state index in [1.807, 2.05) is 6.07 Å². The number of nitrogens with one attached hydrogen (secondary N) is 1. The van der Waals surface area contributed by atoms with Crippen LogP contribution in [0.5, 0.6) is 11.5 Å². The Hall–Kier alpha value is -2.19. The number of carbonyl (C=O) groups is 2. The quantitative estimate of drug-likeness (QED) is 0.311. The fourth-order valence-electron chi connectivity index (χ4n) is 1.93. The number of nitrogens with zero attached hydrogens (tertiary/aromatic N) is 1. The number of esters is 1. The van der Waals surface area contributed by atoms with E-state index in [-0.39, 0.29) is 11.7 Å². The SMILES string of the molecule is COc1cc(/C=N\NC(=O)c2ccccc2Br)cc(Br)c1OC(C)=O. The molecule has 0 radical (unpaired) electrons. The Labute approximate surface area is 161 Å². The van der Waals surface area contributed by atoms with Crippen LogP contribution >= 0.6 is 31.9 Å². The number of hydrogen-bond acceptors (Lipinski definition) is 5. The molecule has 0 saturated heterocycles. The van der Waals surface area contributed by atoms with E-state index in [1.165, 1.54) is 20.2 Å². The van der Waals surface area contributed by atoms with E-state index in [1.54, 1.807) is 30.3 Å². The van der Waals surface area contributed by atoms with E-state index in [4.69, 9.17) is 9.47 Å². The van der Waals surface area contributed by atoms with E-state index < -0.39 is 5.97 Å². The fourth-order valence-corrected chi connectivity index (χ4v) is 2.93. The van der Waals surface area contributed by atoms with Gasteiger partial charge in [0.2, 0.25) is 0 Å². The monoisotopic (exact) mass is 468 g/mol. The van der Waals surface area contributed by atoms with Gasteiger partial charge in [0.1, 0.15) is 0 Å². The van der Waals surface area contributed by atoms with Gasteiger partial charge in [0.05, 0.1) is 23.4 Å². The lowest BCUT2D eigenvalue weighted by atomic mass is 10.2. The van der Waals surface area contributed by atoms with Crippen molar-refractivity contribution in [1.29, 1.82) is 0 Å². The van der Waals surface area contributed by atoms with Gasteiger partial charge in [-0.15, -0.1) is 0 Å². The first-order chi connectivity index (χ1) is 11.9. The predicted octanol–water partition coefficient (Wildman–Crippen LogP) is 3.91. The van der Waals surface area contributed by atoms with Crippen LogP contribution in [0, 0.1) is 0 Å². The molecule has 25 heavy (non-hydrogen) atoms. The summed E-state index contributed by atoms with van der Waals surface area (Å²) >= 11 is 6.63.